The Morgan fingerprint density at radius 1 is 1.23 bits per heavy atom. The zero-order valence-electron chi connectivity index (χ0n) is 12.5. The third kappa shape index (κ3) is 3.54. The molecule has 122 valence electrons. The van der Waals surface area contributed by atoms with E-state index in [1.165, 1.54) is 44.6 Å². The first-order valence-corrected chi connectivity index (χ1v) is 7.85. The van der Waals surface area contributed by atoms with E-state index in [0.717, 1.165) is 5.56 Å². The van der Waals surface area contributed by atoms with Crippen molar-refractivity contribution in [1.29, 1.82) is 0 Å². The number of nitrogens with zero attached hydrogens (tertiary/aromatic N) is 1. The first-order chi connectivity index (χ1) is 10.5. The van der Waals surface area contributed by atoms with Gasteiger partial charge in [-0.05, 0) is 36.7 Å². The van der Waals surface area contributed by atoms with Crippen molar-refractivity contribution in [1.82, 2.24) is 10.3 Å². The van der Waals surface area contributed by atoms with Gasteiger partial charge in [0.25, 0.3) is 0 Å². The van der Waals surface area contributed by atoms with E-state index in [9.17, 15) is 13.2 Å². The van der Waals surface area contributed by atoms with Crippen molar-refractivity contribution in [3.8, 4) is 5.88 Å². The Hall–Kier alpha value is -1.30. The van der Waals surface area contributed by atoms with Crippen LogP contribution in [0, 0.1) is 5.41 Å². The monoisotopic (exact) mass is 314 g/mol. The number of rotatable bonds is 5. The topological polar surface area (TPSA) is 34.1 Å². The standard InChI is InChI=1S/C16H21F3N2O/c17-16(18,19)11-22-14-4-3-12(10-21-14)9-20-13-5-8-15(13)6-1-2-7-15/h3-4,10,13,20H,1-2,5-9,11H2. The summed E-state index contributed by atoms with van der Waals surface area (Å²) < 4.78 is 40.8. The van der Waals surface area contributed by atoms with Gasteiger partial charge in [-0.25, -0.2) is 4.98 Å². The van der Waals surface area contributed by atoms with Crippen LogP contribution in [-0.2, 0) is 6.54 Å². The maximum atomic E-state index is 12.1. The Kier molecular flexibility index (Phi) is 4.30. The van der Waals surface area contributed by atoms with E-state index < -0.39 is 12.8 Å². The molecule has 22 heavy (non-hydrogen) atoms. The van der Waals surface area contributed by atoms with Gasteiger partial charge in [0.2, 0.25) is 5.88 Å². The summed E-state index contributed by atoms with van der Waals surface area (Å²) in [5, 5.41) is 3.58. The molecule has 3 rings (SSSR count). The van der Waals surface area contributed by atoms with Crippen LogP contribution in [0.15, 0.2) is 18.3 Å². The van der Waals surface area contributed by atoms with Crippen LogP contribution in [-0.4, -0.2) is 23.8 Å². The Bertz CT molecular complexity index is 495. The molecule has 1 heterocycles. The number of halogens is 3. The van der Waals surface area contributed by atoms with Crippen LogP contribution in [0.5, 0.6) is 5.88 Å². The summed E-state index contributed by atoms with van der Waals surface area (Å²) >= 11 is 0. The molecule has 6 heteroatoms. The highest BCUT2D eigenvalue weighted by molar-refractivity contribution is 5.18. The molecule has 2 saturated carbocycles. The molecular formula is C16H21F3N2O. The summed E-state index contributed by atoms with van der Waals surface area (Å²) in [6, 6.07) is 3.84. The SMILES string of the molecule is FC(F)(F)COc1ccc(CNC2CCC23CCCC3)cn1. The molecule has 2 fully saturated rings. The van der Waals surface area contributed by atoms with E-state index in [4.69, 9.17) is 0 Å². The predicted octanol–water partition coefficient (Wildman–Crippen LogP) is 3.84. The largest absolute Gasteiger partial charge is 0.468 e. The highest BCUT2D eigenvalue weighted by atomic mass is 19.4. The minimum absolute atomic E-state index is 0.0111. The molecule has 0 saturated heterocycles. The van der Waals surface area contributed by atoms with Gasteiger partial charge >= 0.3 is 6.18 Å². The lowest BCUT2D eigenvalue weighted by Crippen LogP contribution is -2.51. The molecule has 2 aliphatic carbocycles. The highest BCUT2D eigenvalue weighted by Gasteiger charge is 2.47. The number of alkyl halides is 3. The van der Waals surface area contributed by atoms with Crippen LogP contribution in [0.25, 0.3) is 0 Å². The molecular weight excluding hydrogens is 293 g/mol. The molecule has 0 aliphatic heterocycles. The number of hydrogen-bond donors (Lipinski definition) is 1. The van der Waals surface area contributed by atoms with Gasteiger partial charge in [-0.15, -0.1) is 0 Å². The Morgan fingerprint density at radius 2 is 2.00 bits per heavy atom. The number of nitrogens with one attached hydrogen (secondary N) is 1. The third-order valence-electron chi connectivity index (χ3n) is 5.00. The van der Waals surface area contributed by atoms with Crippen LogP contribution < -0.4 is 10.1 Å². The summed E-state index contributed by atoms with van der Waals surface area (Å²) in [5.41, 5.74) is 1.49. The van der Waals surface area contributed by atoms with Crippen molar-refractivity contribution in [2.45, 2.75) is 57.3 Å². The van der Waals surface area contributed by atoms with Gasteiger partial charge in [0.05, 0.1) is 0 Å². The van der Waals surface area contributed by atoms with Crippen molar-refractivity contribution in [3.63, 3.8) is 0 Å². The van der Waals surface area contributed by atoms with Gasteiger partial charge in [0, 0.05) is 24.8 Å². The molecule has 1 atom stereocenters. The predicted molar refractivity (Wildman–Crippen MR) is 76.5 cm³/mol. The first-order valence-electron chi connectivity index (χ1n) is 7.85. The van der Waals surface area contributed by atoms with Gasteiger partial charge in [-0.2, -0.15) is 13.2 Å². The van der Waals surface area contributed by atoms with Crippen molar-refractivity contribution >= 4 is 0 Å². The summed E-state index contributed by atoms with van der Waals surface area (Å²) in [6.07, 6.45) is 5.13. The van der Waals surface area contributed by atoms with Gasteiger partial charge in [0.1, 0.15) is 0 Å². The number of aromatic nitrogens is 1. The van der Waals surface area contributed by atoms with Crippen LogP contribution in [0.3, 0.4) is 0 Å². The third-order valence-corrected chi connectivity index (χ3v) is 5.00. The smallest absolute Gasteiger partial charge is 0.422 e. The lowest BCUT2D eigenvalue weighted by atomic mass is 9.63. The lowest BCUT2D eigenvalue weighted by molar-refractivity contribution is -0.154. The number of pyridine rings is 1. The van der Waals surface area contributed by atoms with Crippen molar-refractivity contribution in [3.05, 3.63) is 23.9 Å². The zero-order chi connectivity index (χ0) is 15.6. The van der Waals surface area contributed by atoms with Gasteiger partial charge in [0.15, 0.2) is 6.61 Å². The fraction of sp³-hybridized carbons (Fsp3) is 0.688. The molecule has 0 aromatic carbocycles. The first kappa shape index (κ1) is 15.6. The molecule has 0 bridgehead atoms. The second kappa shape index (κ2) is 6.07. The second-order valence-electron chi connectivity index (χ2n) is 6.45. The summed E-state index contributed by atoms with van der Waals surface area (Å²) in [7, 11) is 0. The number of hydrogen-bond acceptors (Lipinski definition) is 3. The molecule has 1 spiro atoms. The zero-order valence-corrected chi connectivity index (χ0v) is 12.5. The lowest BCUT2D eigenvalue weighted by Gasteiger charge is -2.48. The quantitative estimate of drug-likeness (QED) is 0.897. The molecule has 0 amide bonds. The molecule has 2 aliphatic rings. The van der Waals surface area contributed by atoms with Crippen LogP contribution in [0.2, 0.25) is 0 Å². The Morgan fingerprint density at radius 3 is 2.55 bits per heavy atom. The minimum Gasteiger partial charge on any atom is -0.468 e. The average molecular weight is 314 g/mol. The maximum absolute atomic E-state index is 12.1. The van der Waals surface area contributed by atoms with E-state index in [-0.39, 0.29) is 5.88 Å². The summed E-state index contributed by atoms with van der Waals surface area (Å²) in [4.78, 5) is 3.93. The molecule has 1 N–H and O–H groups in total. The average Bonchev–Trinajstić information content (AvgIpc) is 2.97. The van der Waals surface area contributed by atoms with Crippen molar-refractivity contribution in [2.24, 2.45) is 5.41 Å². The van der Waals surface area contributed by atoms with Gasteiger partial charge in [-0.1, -0.05) is 18.9 Å². The molecule has 1 aromatic rings. The normalized spacial score (nSPS) is 23.5. The fourth-order valence-electron chi connectivity index (χ4n) is 3.69. The van der Waals surface area contributed by atoms with E-state index in [0.29, 0.717) is 18.0 Å². The Labute approximate surface area is 128 Å². The van der Waals surface area contributed by atoms with E-state index in [2.05, 4.69) is 15.0 Å². The van der Waals surface area contributed by atoms with Crippen LogP contribution in [0.4, 0.5) is 13.2 Å². The fourth-order valence-corrected chi connectivity index (χ4v) is 3.69. The summed E-state index contributed by atoms with van der Waals surface area (Å²) in [5.74, 6) is 0.0111. The summed E-state index contributed by atoms with van der Waals surface area (Å²) in [6.45, 7) is -0.596. The number of ether oxygens (including phenoxy) is 1. The maximum Gasteiger partial charge on any atom is 0.422 e. The molecule has 1 unspecified atom stereocenters. The van der Waals surface area contributed by atoms with Crippen LogP contribution >= 0.6 is 0 Å². The van der Waals surface area contributed by atoms with Gasteiger partial charge < -0.3 is 10.1 Å². The molecule has 1 aromatic heterocycles. The Balaban J connectivity index is 1.47. The van der Waals surface area contributed by atoms with Crippen molar-refractivity contribution < 1.29 is 17.9 Å². The molecule has 3 nitrogen and oxygen atoms in total. The van der Waals surface area contributed by atoms with Crippen molar-refractivity contribution in [2.75, 3.05) is 6.61 Å². The van der Waals surface area contributed by atoms with Gasteiger partial charge in [-0.3, -0.25) is 0 Å². The minimum atomic E-state index is -4.33. The highest BCUT2D eigenvalue weighted by Crippen LogP contribution is 2.53. The van der Waals surface area contributed by atoms with E-state index in [1.54, 1.807) is 12.3 Å². The second-order valence-corrected chi connectivity index (χ2v) is 6.45. The van der Waals surface area contributed by atoms with Crippen LogP contribution in [0.1, 0.15) is 44.1 Å². The molecule has 0 radical (unpaired) electrons. The van der Waals surface area contributed by atoms with E-state index >= 15 is 0 Å². The van der Waals surface area contributed by atoms with E-state index in [1.807, 2.05) is 0 Å².